The first kappa shape index (κ1) is 6.99. The molecule has 1 fully saturated rings. The average molecular weight is 130 g/mol. The molecule has 0 amide bonds. The number of aliphatic hydroxyl groups is 1. The zero-order chi connectivity index (χ0) is 6.69. The lowest BCUT2D eigenvalue weighted by Crippen LogP contribution is -2.29. The van der Waals surface area contributed by atoms with Crippen LogP contribution in [-0.2, 0) is 0 Å². The summed E-state index contributed by atoms with van der Waals surface area (Å²) in [5.41, 5.74) is 0. The van der Waals surface area contributed by atoms with E-state index in [-0.39, 0.29) is 6.23 Å². The molecule has 2 atom stereocenters. The van der Waals surface area contributed by atoms with Crippen molar-refractivity contribution in [2.45, 2.75) is 25.6 Å². The van der Waals surface area contributed by atoms with Gasteiger partial charge in [-0.05, 0) is 6.92 Å². The van der Waals surface area contributed by atoms with E-state index in [0.29, 0.717) is 6.04 Å². The Balaban J connectivity index is 2.29. The zero-order valence-electron chi connectivity index (χ0n) is 5.72. The third kappa shape index (κ3) is 2.30. The molecule has 3 nitrogen and oxygen atoms in total. The molecule has 0 bridgehead atoms. The van der Waals surface area contributed by atoms with Crippen LogP contribution in [0.1, 0.15) is 13.3 Å². The maximum absolute atomic E-state index is 9.11. The molecule has 0 radical (unpaired) electrons. The van der Waals surface area contributed by atoms with Gasteiger partial charge in [-0.15, -0.1) is 0 Å². The molecule has 1 aliphatic heterocycles. The second-order valence-electron chi connectivity index (χ2n) is 2.56. The molecule has 3 N–H and O–H groups in total. The summed E-state index contributed by atoms with van der Waals surface area (Å²) in [4.78, 5) is 0. The van der Waals surface area contributed by atoms with Gasteiger partial charge in [0.1, 0.15) is 6.23 Å². The summed E-state index contributed by atoms with van der Waals surface area (Å²) < 4.78 is 0. The minimum atomic E-state index is -0.310. The van der Waals surface area contributed by atoms with Crippen LogP contribution in [0.5, 0.6) is 0 Å². The van der Waals surface area contributed by atoms with Crippen molar-refractivity contribution in [1.29, 1.82) is 0 Å². The van der Waals surface area contributed by atoms with E-state index >= 15 is 0 Å². The fourth-order valence-electron chi connectivity index (χ4n) is 1.06. The van der Waals surface area contributed by atoms with Crippen molar-refractivity contribution in [2.75, 3.05) is 13.1 Å². The van der Waals surface area contributed by atoms with Crippen LogP contribution in [-0.4, -0.2) is 30.5 Å². The minimum Gasteiger partial charge on any atom is -0.379 e. The van der Waals surface area contributed by atoms with Gasteiger partial charge >= 0.3 is 0 Å². The highest BCUT2D eigenvalue weighted by molar-refractivity contribution is 4.70. The molecule has 54 valence electrons. The van der Waals surface area contributed by atoms with Crippen LogP contribution >= 0.6 is 0 Å². The molecule has 0 aliphatic carbocycles. The highest BCUT2D eigenvalue weighted by atomic mass is 16.3. The predicted molar refractivity (Wildman–Crippen MR) is 36.1 cm³/mol. The van der Waals surface area contributed by atoms with Crippen LogP contribution in [0.3, 0.4) is 0 Å². The largest absolute Gasteiger partial charge is 0.379 e. The average Bonchev–Trinajstić information content (AvgIpc) is 1.93. The SMILES string of the molecule is CC1CC(O)NCCN1. The summed E-state index contributed by atoms with van der Waals surface area (Å²) >= 11 is 0. The number of hydrogen-bond acceptors (Lipinski definition) is 3. The Bertz CT molecular complexity index is 77.1. The van der Waals surface area contributed by atoms with Crippen molar-refractivity contribution in [3.8, 4) is 0 Å². The van der Waals surface area contributed by atoms with E-state index in [9.17, 15) is 0 Å². The van der Waals surface area contributed by atoms with E-state index in [1.165, 1.54) is 0 Å². The molecule has 0 saturated carbocycles. The Morgan fingerprint density at radius 3 is 2.78 bits per heavy atom. The van der Waals surface area contributed by atoms with E-state index in [4.69, 9.17) is 5.11 Å². The van der Waals surface area contributed by atoms with Gasteiger partial charge in [0.05, 0.1) is 0 Å². The maximum Gasteiger partial charge on any atom is 0.106 e. The Hall–Kier alpha value is -0.120. The molecule has 1 heterocycles. The number of aliphatic hydroxyl groups excluding tert-OH is 1. The Kier molecular flexibility index (Phi) is 2.45. The predicted octanol–water partition coefficient (Wildman–Crippen LogP) is -0.724. The highest BCUT2D eigenvalue weighted by Gasteiger charge is 2.11. The lowest BCUT2D eigenvalue weighted by molar-refractivity contribution is 0.129. The summed E-state index contributed by atoms with van der Waals surface area (Å²) in [5.74, 6) is 0. The fourth-order valence-corrected chi connectivity index (χ4v) is 1.06. The molecule has 0 aromatic heterocycles. The highest BCUT2D eigenvalue weighted by Crippen LogP contribution is 1.96. The first-order valence-corrected chi connectivity index (χ1v) is 3.44. The van der Waals surface area contributed by atoms with E-state index in [2.05, 4.69) is 17.6 Å². The van der Waals surface area contributed by atoms with Crippen LogP contribution in [0.2, 0.25) is 0 Å². The maximum atomic E-state index is 9.11. The molecule has 0 aromatic rings. The quantitative estimate of drug-likeness (QED) is 0.405. The first-order valence-electron chi connectivity index (χ1n) is 3.44. The zero-order valence-corrected chi connectivity index (χ0v) is 5.72. The van der Waals surface area contributed by atoms with Gasteiger partial charge in [0.25, 0.3) is 0 Å². The normalized spacial score (nSPS) is 38.0. The van der Waals surface area contributed by atoms with Crippen LogP contribution in [0.15, 0.2) is 0 Å². The van der Waals surface area contributed by atoms with Gasteiger partial charge in [-0.25, -0.2) is 0 Å². The molecule has 2 unspecified atom stereocenters. The Morgan fingerprint density at radius 1 is 1.33 bits per heavy atom. The van der Waals surface area contributed by atoms with Crippen molar-refractivity contribution in [3.63, 3.8) is 0 Å². The van der Waals surface area contributed by atoms with Crippen LogP contribution in [0.25, 0.3) is 0 Å². The Morgan fingerprint density at radius 2 is 2.00 bits per heavy atom. The van der Waals surface area contributed by atoms with Gasteiger partial charge in [0, 0.05) is 25.6 Å². The van der Waals surface area contributed by atoms with Crippen molar-refractivity contribution >= 4 is 0 Å². The lowest BCUT2D eigenvalue weighted by atomic mass is 10.2. The Labute approximate surface area is 55.5 Å². The van der Waals surface area contributed by atoms with E-state index in [1.54, 1.807) is 0 Å². The lowest BCUT2D eigenvalue weighted by Gasteiger charge is -2.10. The van der Waals surface area contributed by atoms with Crippen molar-refractivity contribution < 1.29 is 5.11 Å². The number of rotatable bonds is 0. The van der Waals surface area contributed by atoms with Gasteiger partial charge in [-0.1, -0.05) is 0 Å². The van der Waals surface area contributed by atoms with Crippen molar-refractivity contribution in [2.24, 2.45) is 0 Å². The number of hydrogen-bond donors (Lipinski definition) is 3. The molecule has 1 rings (SSSR count). The van der Waals surface area contributed by atoms with Crippen LogP contribution in [0, 0.1) is 0 Å². The standard InChI is InChI=1S/C6H14N2O/c1-5-4-6(9)8-3-2-7-5/h5-9H,2-4H2,1H3. The molecular weight excluding hydrogens is 116 g/mol. The summed E-state index contributed by atoms with van der Waals surface area (Å²) in [7, 11) is 0. The molecular formula is C6H14N2O. The van der Waals surface area contributed by atoms with Crippen LogP contribution < -0.4 is 10.6 Å². The molecule has 1 aliphatic rings. The molecule has 3 heteroatoms. The molecule has 0 spiro atoms. The smallest absolute Gasteiger partial charge is 0.106 e. The number of nitrogens with one attached hydrogen (secondary N) is 2. The summed E-state index contributed by atoms with van der Waals surface area (Å²) in [6.45, 7) is 3.90. The molecule has 0 aromatic carbocycles. The second kappa shape index (κ2) is 3.15. The van der Waals surface area contributed by atoms with Gasteiger partial charge in [-0.2, -0.15) is 0 Å². The topological polar surface area (TPSA) is 44.3 Å². The third-order valence-corrected chi connectivity index (χ3v) is 1.57. The molecule has 1 saturated heterocycles. The van der Waals surface area contributed by atoms with Gasteiger partial charge in [0.15, 0.2) is 0 Å². The summed E-state index contributed by atoms with van der Waals surface area (Å²) in [6, 6.07) is 0.440. The van der Waals surface area contributed by atoms with E-state index < -0.39 is 0 Å². The van der Waals surface area contributed by atoms with Gasteiger partial charge < -0.3 is 10.4 Å². The first-order chi connectivity index (χ1) is 4.29. The van der Waals surface area contributed by atoms with E-state index in [0.717, 1.165) is 19.5 Å². The van der Waals surface area contributed by atoms with Crippen molar-refractivity contribution in [3.05, 3.63) is 0 Å². The van der Waals surface area contributed by atoms with Crippen molar-refractivity contribution in [1.82, 2.24) is 10.6 Å². The minimum absolute atomic E-state index is 0.310. The second-order valence-corrected chi connectivity index (χ2v) is 2.56. The van der Waals surface area contributed by atoms with Crippen LogP contribution in [0.4, 0.5) is 0 Å². The molecule has 9 heavy (non-hydrogen) atoms. The van der Waals surface area contributed by atoms with Gasteiger partial charge in [0.2, 0.25) is 0 Å². The monoisotopic (exact) mass is 130 g/mol. The third-order valence-electron chi connectivity index (χ3n) is 1.57. The summed E-state index contributed by atoms with van der Waals surface area (Å²) in [6.07, 6.45) is 0.495. The summed E-state index contributed by atoms with van der Waals surface area (Å²) in [5, 5.41) is 15.3. The van der Waals surface area contributed by atoms with Gasteiger partial charge in [-0.3, -0.25) is 5.32 Å². The fraction of sp³-hybridized carbons (Fsp3) is 1.00. The van der Waals surface area contributed by atoms with E-state index in [1.807, 2.05) is 0 Å².